The number of benzene rings is 2. The fraction of sp³-hybridized carbons (Fsp3) is 0.400. The van der Waals surface area contributed by atoms with Crippen molar-refractivity contribution in [2.75, 3.05) is 19.6 Å². The summed E-state index contributed by atoms with van der Waals surface area (Å²) < 4.78 is 39.1. The number of hydrogen-bond acceptors (Lipinski definition) is 2. The van der Waals surface area contributed by atoms with Crippen molar-refractivity contribution in [2.24, 2.45) is 5.73 Å². The summed E-state index contributed by atoms with van der Waals surface area (Å²) >= 11 is 0. The van der Waals surface area contributed by atoms with Gasteiger partial charge in [0.05, 0.1) is 5.56 Å². The van der Waals surface area contributed by atoms with E-state index in [0.717, 1.165) is 38.5 Å². The molecule has 0 saturated carbocycles. The average Bonchev–Trinajstić information content (AvgIpc) is 2.63. The highest BCUT2D eigenvalue weighted by molar-refractivity contribution is 5.33. The summed E-state index contributed by atoms with van der Waals surface area (Å²) in [4.78, 5) is 2.34. The van der Waals surface area contributed by atoms with E-state index in [-0.39, 0.29) is 5.41 Å². The molecule has 0 radical (unpaired) electrons. The van der Waals surface area contributed by atoms with Gasteiger partial charge in [-0.2, -0.15) is 13.2 Å². The lowest BCUT2D eigenvalue weighted by Crippen LogP contribution is -2.46. The first-order valence-corrected chi connectivity index (χ1v) is 8.57. The zero-order valence-corrected chi connectivity index (χ0v) is 14.1. The van der Waals surface area contributed by atoms with E-state index in [4.69, 9.17) is 5.73 Å². The van der Waals surface area contributed by atoms with Gasteiger partial charge >= 0.3 is 6.18 Å². The van der Waals surface area contributed by atoms with E-state index < -0.39 is 11.7 Å². The highest BCUT2D eigenvalue weighted by Crippen LogP contribution is 2.38. The molecule has 0 amide bonds. The fourth-order valence-corrected chi connectivity index (χ4v) is 3.62. The second-order valence-electron chi connectivity index (χ2n) is 6.82. The van der Waals surface area contributed by atoms with Crippen LogP contribution in [0.15, 0.2) is 54.6 Å². The molecule has 2 aromatic rings. The Morgan fingerprint density at radius 3 is 2.24 bits per heavy atom. The Hall–Kier alpha value is -1.85. The standard InChI is InChI=1S/C20H23F3N2/c21-20(22,23)18-8-4-7-17(13-18)19(15-24)9-11-25(12-10-19)14-16-5-2-1-3-6-16/h1-8,13H,9-12,14-15,24H2. The summed E-state index contributed by atoms with van der Waals surface area (Å²) in [5.74, 6) is 0. The minimum atomic E-state index is -4.32. The topological polar surface area (TPSA) is 29.3 Å². The lowest BCUT2D eigenvalue weighted by atomic mass is 9.72. The fourth-order valence-electron chi connectivity index (χ4n) is 3.62. The minimum absolute atomic E-state index is 0.367. The van der Waals surface area contributed by atoms with Crippen LogP contribution < -0.4 is 5.73 Å². The van der Waals surface area contributed by atoms with E-state index in [1.54, 1.807) is 6.07 Å². The molecule has 0 bridgehead atoms. The Morgan fingerprint density at radius 1 is 0.960 bits per heavy atom. The Morgan fingerprint density at radius 2 is 1.64 bits per heavy atom. The minimum Gasteiger partial charge on any atom is -0.330 e. The molecule has 1 saturated heterocycles. The van der Waals surface area contributed by atoms with Gasteiger partial charge in [0, 0.05) is 18.5 Å². The van der Waals surface area contributed by atoms with Crippen molar-refractivity contribution in [2.45, 2.75) is 31.0 Å². The van der Waals surface area contributed by atoms with Gasteiger partial charge in [0.25, 0.3) is 0 Å². The van der Waals surface area contributed by atoms with E-state index in [1.165, 1.54) is 17.7 Å². The van der Waals surface area contributed by atoms with Gasteiger partial charge in [-0.3, -0.25) is 4.90 Å². The maximum Gasteiger partial charge on any atom is 0.416 e. The summed E-state index contributed by atoms with van der Waals surface area (Å²) in [5, 5.41) is 0. The number of hydrogen-bond donors (Lipinski definition) is 1. The second-order valence-corrected chi connectivity index (χ2v) is 6.82. The summed E-state index contributed by atoms with van der Waals surface area (Å²) in [6, 6.07) is 15.9. The van der Waals surface area contributed by atoms with Gasteiger partial charge in [-0.1, -0.05) is 48.5 Å². The van der Waals surface area contributed by atoms with Gasteiger partial charge in [-0.25, -0.2) is 0 Å². The van der Waals surface area contributed by atoms with Gasteiger partial charge in [0.15, 0.2) is 0 Å². The van der Waals surface area contributed by atoms with Gasteiger partial charge in [-0.15, -0.1) is 0 Å². The lowest BCUT2D eigenvalue weighted by Gasteiger charge is -2.42. The first kappa shape index (κ1) is 18.0. The van der Waals surface area contributed by atoms with Crippen molar-refractivity contribution in [1.82, 2.24) is 4.90 Å². The van der Waals surface area contributed by atoms with E-state index >= 15 is 0 Å². The molecule has 0 aromatic heterocycles. The molecule has 134 valence electrons. The van der Waals surface area contributed by atoms with Crippen molar-refractivity contribution in [3.63, 3.8) is 0 Å². The van der Waals surface area contributed by atoms with Crippen molar-refractivity contribution in [3.8, 4) is 0 Å². The summed E-state index contributed by atoms with van der Waals surface area (Å²) in [6.45, 7) is 2.91. The third kappa shape index (κ3) is 4.05. The third-order valence-electron chi connectivity index (χ3n) is 5.26. The Kier molecular flexibility index (Phi) is 5.16. The van der Waals surface area contributed by atoms with Crippen LogP contribution in [0.3, 0.4) is 0 Å². The van der Waals surface area contributed by atoms with Crippen LogP contribution >= 0.6 is 0 Å². The first-order valence-electron chi connectivity index (χ1n) is 8.57. The molecule has 1 fully saturated rings. The molecule has 5 heteroatoms. The van der Waals surface area contributed by atoms with Crippen LogP contribution in [-0.4, -0.2) is 24.5 Å². The molecule has 1 aliphatic heterocycles. The van der Waals surface area contributed by atoms with Crippen molar-refractivity contribution < 1.29 is 13.2 Å². The average molecular weight is 348 g/mol. The number of halogens is 3. The van der Waals surface area contributed by atoms with Crippen LogP contribution in [0.1, 0.15) is 29.5 Å². The van der Waals surface area contributed by atoms with Gasteiger partial charge in [0.2, 0.25) is 0 Å². The first-order chi connectivity index (χ1) is 11.9. The van der Waals surface area contributed by atoms with Crippen LogP contribution in [0.2, 0.25) is 0 Å². The second kappa shape index (κ2) is 7.18. The molecule has 0 unspecified atom stereocenters. The van der Waals surface area contributed by atoms with Crippen molar-refractivity contribution >= 4 is 0 Å². The third-order valence-corrected chi connectivity index (χ3v) is 5.26. The largest absolute Gasteiger partial charge is 0.416 e. The van der Waals surface area contributed by atoms with E-state index in [9.17, 15) is 13.2 Å². The van der Waals surface area contributed by atoms with Crippen molar-refractivity contribution in [1.29, 1.82) is 0 Å². The molecular formula is C20H23F3N2. The predicted molar refractivity (Wildman–Crippen MR) is 93.1 cm³/mol. The van der Waals surface area contributed by atoms with E-state index in [2.05, 4.69) is 17.0 Å². The maximum atomic E-state index is 13.0. The number of alkyl halides is 3. The molecule has 1 aliphatic rings. The van der Waals surface area contributed by atoms with Crippen molar-refractivity contribution in [3.05, 3.63) is 71.3 Å². The molecule has 0 atom stereocenters. The monoisotopic (exact) mass is 348 g/mol. The van der Waals surface area contributed by atoms with E-state index in [1.807, 2.05) is 18.2 Å². The maximum absolute atomic E-state index is 13.0. The van der Waals surface area contributed by atoms with Gasteiger partial charge in [-0.05, 0) is 43.1 Å². The predicted octanol–water partition coefficient (Wildman–Crippen LogP) is 4.20. The summed E-state index contributed by atoms with van der Waals surface area (Å²) in [5.41, 5.74) is 7.03. The molecule has 2 N–H and O–H groups in total. The molecule has 0 spiro atoms. The number of piperidine rings is 1. The molecule has 2 aromatic carbocycles. The number of likely N-dealkylation sites (tertiary alicyclic amines) is 1. The highest BCUT2D eigenvalue weighted by atomic mass is 19.4. The molecular weight excluding hydrogens is 325 g/mol. The highest BCUT2D eigenvalue weighted by Gasteiger charge is 2.37. The lowest BCUT2D eigenvalue weighted by molar-refractivity contribution is -0.137. The molecule has 1 heterocycles. The number of nitrogens with zero attached hydrogens (tertiary/aromatic N) is 1. The Labute approximate surface area is 146 Å². The Bertz CT molecular complexity index is 690. The molecule has 0 aliphatic carbocycles. The van der Waals surface area contributed by atoms with Crippen LogP contribution in [0.4, 0.5) is 13.2 Å². The summed E-state index contributed by atoms with van der Waals surface area (Å²) in [7, 11) is 0. The van der Waals surface area contributed by atoms with Gasteiger partial charge < -0.3 is 5.73 Å². The number of rotatable bonds is 4. The normalized spacial score (nSPS) is 18.2. The Balaban J connectivity index is 1.73. The van der Waals surface area contributed by atoms with Gasteiger partial charge in [0.1, 0.15) is 0 Å². The molecule has 25 heavy (non-hydrogen) atoms. The quantitative estimate of drug-likeness (QED) is 0.897. The SMILES string of the molecule is NCC1(c2cccc(C(F)(F)F)c2)CCN(Cc2ccccc2)CC1. The van der Waals surface area contributed by atoms with Crippen LogP contribution in [0.25, 0.3) is 0 Å². The smallest absolute Gasteiger partial charge is 0.330 e. The van der Waals surface area contributed by atoms with Crippen LogP contribution in [-0.2, 0) is 18.1 Å². The molecule has 2 nitrogen and oxygen atoms in total. The van der Waals surface area contributed by atoms with E-state index in [0.29, 0.717) is 12.1 Å². The van der Waals surface area contributed by atoms with Crippen LogP contribution in [0, 0.1) is 0 Å². The number of nitrogens with two attached hydrogens (primary N) is 1. The summed E-state index contributed by atoms with van der Waals surface area (Å²) in [6.07, 6.45) is -2.77. The molecule has 3 rings (SSSR count). The zero-order valence-electron chi connectivity index (χ0n) is 14.1. The van der Waals surface area contributed by atoms with Crippen LogP contribution in [0.5, 0.6) is 0 Å². The zero-order chi connectivity index (χ0) is 17.9.